The van der Waals surface area contributed by atoms with E-state index in [9.17, 15) is 20.1 Å². The Hall–Kier alpha value is -3.22. The van der Waals surface area contributed by atoms with Gasteiger partial charge in [0.2, 0.25) is 0 Å². The van der Waals surface area contributed by atoms with Crippen LogP contribution in [0.4, 0.5) is 0 Å². The van der Waals surface area contributed by atoms with Crippen LogP contribution in [0.5, 0.6) is 28.7 Å². The molecule has 7 nitrogen and oxygen atoms in total. The van der Waals surface area contributed by atoms with Crippen LogP contribution in [0.3, 0.4) is 0 Å². The summed E-state index contributed by atoms with van der Waals surface area (Å²) in [6.07, 6.45) is 1.48. The van der Waals surface area contributed by atoms with E-state index in [0.717, 1.165) is 12.1 Å². The van der Waals surface area contributed by atoms with Crippen molar-refractivity contribution in [2.24, 2.45) is 4.99 Å². The fourth-order valence-corrected chi connectivity index (χ4v) is 2.01. The highest BCUT2D eigenvalue weighted by molar-refractivity contribution is 6.00. The molecule has 0 spiro atoms. The molecular formula is C17H17NO6. The minimum atomic E-state index is -0.668. The first-order valence-corrected chi connectivity index (χ1v) is 6.96. The Kier molecular flexibility index (Phi) is 5.26. The maximum absolute atomic E-state index is 12.0. The van der Waals surface area contributed by atoms with E-state index in [2.05, 4.69) is 4.99 Å². The number of methoxy groups -OCH3 is 2. The molecule has 3 N–H and O–H groups in total. The van der Waals surface area contributed by atoms with Gasteiger partial charge >= 0.3 is 0 Å². The van der Waals surface area contributed by atoms with Gasteiger partial charge in [0.1, 0.15) is 18.0 Å². The first-order valence-electron chi connectivity index (χ1n) is 6.96. The van der Waals surface area contributed by atoms with Crippen molar-refractivity contribution in [1.82, 2.24) is 0 Å². The molecule has 126 valence electrons. The van der Waals surface area contributed by atoms with Crippen LogP contribution in [-0.4, -0.2) is 48.1 Å². The van der Waals surface area contributed by atoms with Gasteiger partial charge in [0.05, 0.1) is 14.2 Å². The molecule has 0 atom stereocenters. The summed E-state index contributed by atoms with van der Waals surface area (Å²) in [6.45, 7) is -0.196. The molecule has 0 unspecified atom stereocenters. The summed E-state index contributed by atoms with van der Waals surface area (Å²) in [5, 5.41) is 28.1. The molecule has 7 heteroatoms. The van der Waals surface area contributed by atoms with E-state index in [-0.39, 0.29) is 12.1 Å². The Labute approximate surface area is 138 Å². The second-order valence-corrected chi connectivity index (χ2v) is 4.86. The van der Waals surface area contributed by atoms with Crippen molar-refractivity contribution < 1.29 is 29.6 Å². The van der Waals surface area contributed by atoms with E-state index in [1.165, 1.54) is 13.3 Å². The number of aromatic hydroxyl groups is 3. The SMILES string of the molecule is COc1ccc(C=NCC(=O)c2cc(O)c(O)c(O)c2)c(OC)c1. The lowest BCUT2D eigenvalue weighted by Gasteiger charge is -2.07. The molecule has 0 saturated carbocycles. The van der Waals surface area contributed by atoms with Crippen LogP contribution in [0.1, 0.15) is 15.9 Å². The van der Waals surface area contributed by atoms with Gasteiger partial charge < -0.3 is 24.8 Å². The quantitative estimate of drug-likeness (QED) is 0.425. The number of ether oxygens (including phenoxy) is 2. The van der Waals surface area contributed by atoms with Crippen molar-refractivity contribution in [2.45, 2.75) is 0 Å². The average molecular weight is 331 g/mol. The minimum Gasteiger partial charge on any atom is -0.504 e. The van der Waals surface area contributed by atoms with Crippen LogP contribution in [0.2, 0.25) is 0 Å². The van der Waals surface area contributed by atoms with Gasteiger partial charge in [-0.3, -0.25) is 9.79 Å². The molecule has 0 aliphatic carbocycles. The zero-order valence-corrected chi connectivity index (χ0v) is 13.2. The van der Waals surface area contributed by atoms with Gasteiger partial charge in [0, 0.05) is 23.4 Å². The summed E-state index contributed by atoms with van der Waals surface area (Å²) in [5.74, 6) is -1.05. The molecule has 0 fully saturated rings. The fraction of sp³-hybridized carbons (Fsp3) is 0.176. The molecule has 0 aromatic heterocycles. The first-order chi connectivity index (χ1) is 11.5. The number of carbonyl (C=O) groups excluding carboxylic acids is 1. The molecule has 2 aromatic carbocycles. The number of Topliss-reactive ketones (excluding diaryl/α,β-unsaturated/α-hetero) is 1. The van der Waals surface area contributed by atoms with Crippen LogP contribution in [0, 0.1) is 0 Å². The van der Waals surface area contributed by atoms with E-state index >= 15 is 0 Å². The maximum atomic E-state index is 12.0. The molecule has 0 radical (unpaired) electrons. The van der Waals surface area contributed by atoms with E-state index in [1.807, 2.05) is 0 Å². The van der Waals surface area contributed by atoms with E-state index < -0.39 is 23.0 Å². The normalized spacial score (nSPS) is 10.8. The zero-order valence-electron chi connectivity index (χ0n) is 13.2. The third kappa shape index (κ3) is 3.75. The van der Waals surface area contributed by atoms with Crippen molar-refractivity contribution in [1.29, 1.82) is 0 Å². The van der Waals surface area contributed by atoms with E-state index in [4.69, 9.17) is 9.47 Å². The minimum absolute atomic E-state index is 0.0432. The third-order valence-electron chi connectivity index (χ3n) is 3.30. The van der Waals surface area contributed by atoms with Crippen LogP contribution >= 0.6 is 0 Å². The smallest absolute Gasteiger partial charge is 0.200 e. The molecule has 0 amide bonds. The fourth-order valence-electron chi connectivity index (χ4n) is 2.01. The molecular weight excluding hydrogens is 314 g/mol. The van der Waals surface area contributed by atoms with Gasteiger partial charge in [0.25, 0.3) is 0 Å². The summed E-state index contributed by atoms with van der Waals surface area (Å²) in [6, 6.07) is 7.31. The van der Waals surface area contributed by atoms with Gasteiger partial charge in [-0.25, -0.2) is 0 Å². The van der Waals surface area contributed by atoms with Crippen molar-refractivity contribution >= 4 is 12.0 Å². The number of phenolic OH excluding ortho intramolecular Hbond substituents is 3. The van der Waals surface area contributed by atoms with Crippen LogP contribution in [0.25, 0.3) is 0 Å². The Morgan fingerprint density at radius 2 is 1.75 bits per heavy atom. The highest BCUT2D eigenvalue weighted by Crippen LogP contribution is 2.35. The Balaban J connectivity index is 2.13. The summed E-state index contributed by atoms with van der Waals surface area (Å²) in [4.78, 5) is 16.1. The number of nitrogens with zero attached hydrogens (tertiary/aromatic N) is 1. The Morgan fingerprint density at radius 3 is 2.33 bits per heavy atom. The molecule has 24 heavy (non-hydrogen) atoms. The second kappa shape index (κ2) is 7.36. The third-order valence-corrected chi connectivity index (χ3v) is 3.30. The standard InChI is InChI=1S/C17H17NO6/c1-23-12-4-3-10(16(7-12)24-2)8-18-9-15(21)11-5-13(19)17(22)14(20)6-11/h3-8,19-20,22H,9H2,1-2H3. The average Bonchev–Trinajstić information content (AvgIpc) is 2.59. The topological polar surface area (TPSA) is 109 Å². The summed E-state index contributed by atoms with van der Waals surface area (Å²) in [5.41, 5.74) is 0.712. The number of rotatable bonds is 6. The van der Waals surface area contributed by atoms with Gasteiger partial charge in [-0.1, -0.05) is 0 Å². The first kappa shape index (κ1) is 17.1. The lowest BCUT2D eigenvalue weighted by atomic mass is 10.1. The number of hydrogen-bond acceptors (Lipinski definition) is 7. The number of benzene rings is 2. The molecule has 0 heterocycles. The summed E-state index contributed by atoms with van der Waals surface area (Å²) >= 11 is 0. The lowest BCUT2D eigenvalue weighted by molar-refractivity contribution is 0.100. The maximum Gasteiger partial charge on any atom is 0.200 e. The molecule has 0 saturated heterocycles. The van der Waals surface area contributed by atoms with Crippen LogP contribution in [-0.2, 0) is 0 Å². The van der Waals surface area contributed by atoms with Gasteiger partial charge in [-0.2, -0.15) is 0 Å². The predicted octanol–water partition coefficient (Wildman–Crippen LogP) is 2.12. The van der Waals surface area contributed by atoms with E-state index in [0.29, 0.717) is 17.1 Å². The van der Waals surface area contributed by atoms with Gasteiger partial charge in [0.15, 0.2) is 23.0 Å². The number of carbonyl (C=O) groups is 1. The predicted molar refractivity (Wildman–Crippen MR) is 87.8 cm³/mol. The molecule has 2 aromatic rings. The van der Waals surface area contributed by atoms with Crippen LogP contribution < -0.4 is 9.47 Å². The van der Waals surface area contributed by atoms with Crippen molar-refractivity contribution in [3.63, 3.8) is 0 Å². The highest BCUT2D eigenvalue weighted by atomic mass is 16.5. The molecule has 0 aliphatic rings. The molecule has 2 rings (SSSR count). The zero-order chi connectivity index (χ0) is 17.7. The van der Waals surface area contributed by atoms with Crippen LogP contribution in [0.15, 0.2) is 35.3 Å². The largest absolute Gasteiger partial charge is 0.504 e. The van der Waals surface area contributed by atoms with E-state index in [1.54, 1.807) is 25.3 Å². The van der Waals surface area contributed by atoms with Crippen molar-refractivity contribution in [3.8, 4) is 28.7 Å². The number of aliphatic imine (C=N–C) groups is 1. The Morgan fingerprint density at radius 1 is 1.08 bits per heavy atom. The number of hydrogen-bond donors (Lipinski definition) is 3. The van der Waals surface area contributed by atoms with Gasteiger partial charge in [-0.05, 0) is 24.3 Å². The van der Waals surface area contributed by atoms with Crippen molar-refractivity contribution in [3.05, 3.63) is 41.5 Å². The number of ketones is 1. The van der Waals surface area contributed by atoms with Gasteiger partial charge in [-0.15, -0.1) is 0 Å². The molecule has 0 bridgehead atoms. The lowest BCUT2D eigenvalue weighted by Crippen LogP contribution is -2.04. The second-order valence-electron chi connectivity index (χ2n) is 4.86. The summed E-state index contributed by atoms with van der Waals surface area (Å²) in [7, 11) is 3.06. The number of phenols is 3. The van der Waals surface area contributed by atoms with Crippen molar-refractivity contribution in [2.75, 3.05) is 20.8 Å². The monoisotopic (exact) mass is 331 g/mol. The highest BCUT2D eigenvalue weighted by Gasteiger charge is 2.13. The Bertz CT molecular complexity index is 762. The summed E-state index contributed by atoms with van der Waals surface area (Å²) < 4.78 is 10.3. The molecule has 0 aliphatic heterocycles.